The maximum Gasteiger partial charge on any atom is 0.227 e. The van der Waals surface area contributed by atoms with Crippen molar-refractivity contribution in [3.05, 3.63) is 35.0 Å². The average Bonchev–Trinajstić information content (AvgIpc) is 3.07. The number of fused-ring (bicyclic) bond motifs is 1. The molecule has 0 spiro atoms. The van der Waals surface area contributed by atoms with Crippen molar-refractivity contribution in [3.63, 3.8) is 0 Å². The molecule has 0 aromatic carbocycles. The minimum atomic E-state index is -0.0510. The first-order valence-corrected chi connectivity index (χ1v) is 9.22. The molecule has 3 rings (SSSR count). The largest absolute Gasteiger partial charge is 0.377 e. The second kappa shape index (κ2) is 7.60. The molecule has 0 N–H and O–H groups in total. The van der Waals surface area contributed by atoms with Crippen LogP contribution in [0.2, 0.25) is 0 Å². The minimum absolute atomic E-state index is 0.0510. The summed E-state index contributed by atoms with van der Waals surface area (Å²) in [7, 11) is 0. The lowest BCUT2D eigenvalue weighted by molar-refractivity contribution is -0.163. The summed E-state index contributed by atoms with van der Waals surface area (Å²) in [6.45, 7) is 7.28. The molecule has 3 heterocycles. The Morgan fingerprint density at radius 2 is 2.52 bits per heavy atom. The van der Waals surface area contributed by atoms with E-state index in [-0.39, 0.29) is 17.4 Å². The Balaban J connectivity index is 1.67. The first kappa shape index (κ1) is 16.7. The van der Waals surface area contributed by atoms with E-state index in [4.69, 9.17) is 9.47 Å². The lowest BCUT2D eigenvalue weighted by Crippen LogP contribution is -2.58. The molecule has 126 valence electrons. The Labute approximate surface area is 142 Å². The SMILES string of the molecule is C=CCOCC12CCCOC1CCN(C(=O)Cc1cccs1)C2. The number of thiophene rings is 1. The van der Waals surface area contributed by atoms with E-state index in [9.17, 15) is 4.79 Å². The van der Waals surface area contributed by atoms with E-state index in [0.717, 1.165) is 43.8 Å². The first-order chi connectivity index (χ1) is 11.2. The summed E-state index contributed by atoms with van der Waals surface area (Å²) in [5, 5.41) is 2.02. The number of piperidine rings is 1. The predicted molar refractivity (Wildman–Crippen MR) is 91.6 cm³/mol. The van der Waals surface area contributed by atoms with Gasteiger partial charge >= 0.3 is 0 Å². The summed E-state index contributed by atoms with van der Waals surface area (Å²) in [5.74, 6) is 0.222. The van der Waals surface area contributed by atoms with E-state index in [1.54, 1.807) is 17.4 Å². The molecule has 2 unspecified atom stereocenters. The molecule has 0 aliphatic carbocycles. The molecule has 1 aromatic rings. The summed E-state index contributed by atoms with van der Waals surface area (Å²) in [6, 6.07) is 4.03. The van der Waals surface area contributed by atoms with E-state index in [2.05, 4.69) is 6.58 Å². The molecule has 4 nitrogen and oxygen atoms in total. The zero-order valence-electron chi connectivity index (χ0n) is 13.5. The molecular formula is C18H25NO3S. The Bertz CT molecular complexity index is 530. The standard InChI is InChI=1S/C18H25NO3S/c1-2-9-21-14-18-7-4-10-22-16(18)6-8-19(13-18)17(20)12-15-5-3-11-23-15/h2-3,5,11,16H,1,4,6-10,12-14H2. The van der Waals surface area contributed by atoms with Crippen molar-refractivity contribution < 1.29 is 14.3 Å². The molecule has 2 aliphatic rings. The van der Waals surface area contributed by atoms with Crippen molar-refractivity contribution in [1.82, 2.24) is 4.90 Å². The number of carbonyl (C=O) groups excluding carboxylic acids is 1. The molecule has 23 heavy (non-hydrogen) atoms. The van der Waals surface area contributed by atoms with Crippen molar-refractivity contribution in [3.8, 4) is 0 Å². The molecule has 2 saturated heterocycles. The summed E-state index contributed by atoms with van der Waals surface area (Å²) >= 11 is 1.65. The zero-order chi connectivity index (χ0) is 16.1. The van der Waals surface area contributed by atoms with Gasteiger partial charge in [-0.15, -0.1) is 17.9 Å². The number of carbonyl (C=O) groups is 1. The maximum atomic E-state index is 12.6. The van der Waals surface area contributed by atoms with Crippen molar-refractivity contribution in [2.45, 2.75) is 31.8 Å². The van der Waals surface area contributed by atoms with Gasteiger partial charge in [-0.2, -0.15) is 0 Å². The van der Waals surface area contributed by atoms with Gasteiger partial charge in [0.1, 0.15) is 0 Å². The smallest absolute Gasteiger partial charge is 0.227 e. The Hall–Kier alpha value is -1.17. The number of amides is 1. The fraction of sp³-hybridized carbons (Fsp3) is 0.611. The number of hydrogen-bond donors (Lipinski definition) is 0. The van der Waals surface area contributed by atoms with Crippen molar-refractivity contribution >= 4 is 17.2 Å². The summed E-state index contributed by atoms with van der Waals surface area (Å²) < 4.78 is 11.8. The highest BCUT2D eigenvalue weighted by Gasteiger charge is 2.47. The van der Waals surface area contributed by atoms with Gasteiger partial charge in [0.25, 0.3) is 0 Å². The minimum Gasteiger partial charge on any atom is -0.377 e. The molecule has 5 heteroatoms. The number of nitrogens with zero attached hydrogens (tertiary/aromatic N) is 1. The number of likely N-dealkylation sites (tertiary alicyclic amines) is 1. The van der Waals surface area contributed by atoms with Crippen molar-refractivity contribution in [1.29, 1.82) is 0 Å². The molecule has 0 radical (unpaired) electrons. The van der Waals surface area contributed by atoms with Gasteiger partial charge in [-0.3, -0.25) is 4.79 Å². The lowest BCUT2D eigenvalue weighted by Gasteiger charge is -2.50. The second-order valence-electron chi connectivity index (χ2n) is 6.49. The van der Waals surface area contributed by atoms with Crippen LogP contribution < -0.4 is 0 Å². The van der Waals surface area contributed by atoms with Crippen LogP contribution in [0.1, 0.15) is 24.1 Å². The fourth-order valence-corrected chi connectivity index (χ4v) is 4.43. The van der Waals surface area contributed by atoms with Crippen LogP contribution >= 0.6 is 11.3 Å². The molecule has 0 saturated carbocycles. The molecular weight excluding hydrogens is 310 g/mol. The zero-order valence-corrected chi connectivity index (χ0v) is 14.4. The van der Waals surface area contributed by atoms with E-state index < -0.39 is 0 Å². The van der Waals surface area contributed by atoms with Crippen molar-refractivity contribution in [2.75, 3.05) is 32.9 Å². The summed E-state index contributed by atoms with van der Waals surface area (Å²) in [6.07, 6.45) is 5.52. The third-order valence-electron chi connectivity index (χ3n) is 4.87. The van der Waals surface area contributed by atoms with Gasteiger partial charge in [0.05, 0.1) is 25.7 Å². The fourth-order valence-electron chi connectivity index (χ4n) is 3.73. The first-order valence-electron chi connectivity index (χ1n) is 8.34. The van der Waals surface area contributed by atoms with Gasteiger partial charge in [0, 0.05) is 30.0 Å². The van der Waals surface area contributed by atoms with Crippen LogP contribution in [-0.2, 0) is 20.7 Å². The number of ether oxygens (including phenoxy) is 2. The van der Waals surface area contributed by atoms with Crippen LogP contribution in [0.25, 0.3) is 0 Å². The van der Waals surface area contributed by atoms with Gasteiger partial charge in [0.15, 0.2) is 0 Å². The number of rotatable bonds is 6. The van der Waals surface area contributed by atoms with Gasteiger partial charge in [-0.1, -0.05) is 12.1 Å². The van der Waals surface area contributed by atoms with Crippen LogP contribution in [0.4, 0.5) is 0 Å². The van der Waals surface area contributed by atoms with E-state index in [0.29, 0.717) is 19.6 Å². The number of hydrogen-bond acceptors (Lipinski definition) is 4. The maximum absolute atomic E-state index is 12.6. The van der Waals surface area contributed by atoms with Crippen LogP contribution in [0.15, 0.2) is 30.2 Å². The van der Waals surface area contributed by atoms with E-state index in [1.807, 2.05) is 22.4 Å². The van der Waals surface area contributed by atoms with E-state index >= 15 is 0 Å². The highest BCUT2D eigenvalue weighted by Crippen LogP contribution is 2.40. The third kappa shape index (κ3) is 3.84. The monoisotopic (exact) mass is 335 g/mol. The van der Waals surface area contributed by atoms with Crippen LogP contribution in [-0.4, -0.2) is 49.8 Å². The Morgan fingerprint density at radius 1 is 1.61 bits per heavy atom. The average molecular weight is 335 g/mol. The summed E-state index contributed by atoms with van der Waals surface area (Å²) in [5.41, 5.74) is -0.0510. The second-order valence-corrected chi connectivity index (χ2v) is 7.52. The van der Waals surface area contributed by atoms with Gasteiger partial charge in [0.2, 0.25) is 5.91 Å². The Kier molecular flexibility index (Phi) is 5.51. The van der Waals surface area contributed by atoms with Gasteiger partial charge in [-0.05, 0) is 30.7 Å². The Morgan fingerprint density at radius 3 is 3.30 bits per heavy atom. The van der Waals surface area contributed by atoms with E-state index in [1.165, 1.54) is 0 Å². The van der Waals surface area contributed by atoms with Crippen LogP contribution in [0.3, 0.4) is 0 Å². The molecule has 1 amide bonds. The van der Waals surface area contributed by atoms with Crippen molar-refractivity contribution in [2.24, 2.45) is 5.41 Å². The van der Waals surface area contributed by atoms with Gasteiger partial charge < -0.3 is 14.4 Å². The normalized spacial score (nSPS) is 27.5. The molecule has 2 atom stereocenters. The molecule has 1 aromatic heterocycles. The predicted octanol–water partition coefficient (Wildman–Crippen LogP) is 2.89. The third-order valence-corrected chi connectivity index (χ3v) is 5.75. The molecule has 0 bridgehead atoms. The van der Waals surface area contributed by atoms with Crippen LogP contribution in [0, 0.1) is 5.41 Å². The highest BCUT2D eigenvalue weighted by molar-refractivity contribution is 7.10. The molecule has 2 aliphatic heterocycles. The lowest BCUT2D eigenvalue weighted by atomic mass is 9.73. The topological polar surface area (TPSA) is 38.8 Å². The molecule has 2 fully saturated rings. The quantitative estimate of drug-likeness (QED) is 0.593. The summed E-state index contributed by atoms with van der Waals surface area (Å²) in [4.78, 5) is 15.8. The van der Waals surface area contributed by atoms with Gasteiger partial charge in [-0.25, -0.2) is 0 Å². The highest BCUT2D eigenvalue weighted by atomic mass is 32.1. The van der Waals surface area contributed by atoms with Crippen LogP contribution in [0.5, 0.6) is 0 Å².